The molecule has 0 spiro atoms. The second kappa shape index (κ2) is 7.16. The minimum atomic E-state index is -0.576. The summed E-state index contributed by atoms with van der Waals surface area (Å²) in [5.74, 6) is 0.165. The van der Waals surface area contributed by atoms with E-state index in [-0.39, 0.29) is 6.61 Å². The fraction of sp³-hybridized carbons (Fsp3) is 0.353. The highest BCUT2D eigenvalue weighted by Crippen LogP contribution is 2.14. The predicted octanol–water partition coefficient (Wildman–Crippen LogP) is 3.69. The number of amides is 1. The summed E-state index contributed by atoms with van der Waals surface area (Å²) in [6, 6.07) is 8.01. The number of esters is 1. The highest BCUT2D eigenvalue weighted by atomic mass is 16.6. The highest BCUT2D eigenvalue weighted by Gasteiger charge is 2.16. The van der Waals surface area contributed by atoms with E-state index in [1.807, 2.05) is 0 Å². The van der Waals surface area contributed by atoms with Crippen LogP contribution in [0.1, 0.15) is 42.6 Å². The number of carbonyl (C=O) groups is 2. The Morgan fingerprint density at radius 2 is 1.88 bits per heavy atom. The molecule has 1 amide bonds. The first-order chi connectivity index (χ1) is 11.2. The molecule has 0 atom stereocenters. The van der Waals surface area contributed by atoms with Crippen LogP contribution in [0.15, 0.2) is 34.9 Å². The van der Waals surface area contributed by atoms with Gasteiger partial charge in [-0.3, -0.25) is 5.32 Å². The van der Waals surface area contributed by atoms with Crippen LogP contribution in [0.25, 0.3) is 0 Å². The number of nitrogens with one attached hydrogen (secondary N) is 1. The Hall–Kier alpha value is -2.83. The van der Waals surface area contributed by atoms with Gasteiger partial charge in [-0.2, -0.15) is 0 Å². The maximum atomic E-state index is 12.0. The molecule has 2 rings (SSSR count). The molecule has 1 heterocycles. The monoisotopic (exact) mass is 332 g/mol. The van der Waals surface area contributed by atoms with Gasteiger partial charge in [0.05, 0.1) is 5.56 Å². The summed E-state index contributed by atoms with van der Waals surface area (Å²) < 4.78 is 15.2. The lowest BCUT2D eigenvalue weighted by molar-refractivity contribution is 0.0464. The van der Waals surface area contributed by atoms with Crippen molar-refractivity contribution in [1.82, 2.24) is 5.16 Å². The van der Waals surface area contributed by atoms with E-state index in [0.29, 0.717) is 22.7 Å². The molecule has 2 aromatic rings. The molecule has 0 bridgehead atoms. The van der Waals surface area contributed by atoms with Crippen LogP contribution in [0, 0.1) is 6.92 Å². The smallest absolute Gasteiger partial charge is 0.412 e. The molecule has 7 nitrogen and oxygen atoms in total. The lowest BCUT2D eigenvalue weighted by Gasteiger charge is -2.19. The van der Waals surface area contributed by atoms with Crippen molar-refractivity contribution in [2.45, 2.75) is 39.9 Å². The van der Waals surface area contributed by atoms with Crippen molar-refractivity contribution in [2.75, 3.05) is 5.32 Å². The van der Waals surface area contributed by atoms with Crippen molar-refractivity contribution in [2.24, 2.45) is 0 Å². The number of benzene rings is 1. The molecule has 24 heavy (non-hydrogen) atoms. The quantitative estimate of drug-likeness (QED) is 0.859. The molecule has 1 aromatic heterocycles. The minimum absolute atomic E-state index is 0.0358. The Bertz CT molecular complexity index is 713. The number of carbonyl (C=O) groups excluding carboxylic acids is 2. The lowest BCUT2D eigenvalue weighted by Crippen LogP contribution is -2.27. The zero-order valence-electron chi connectivity index (χ0n) is 14.1. The third-order valence-corrected chi connectivity index (χ3v) is 2.79. The van der Waals surface area contributed by atoms with Gasteiger partial charge in [-0.25, -0.2) is 9.59 Å². The molecular formula is C17H20N2O5. The van der Waals surface area contributed by atoms with Crippen LogP contribution >= 0.6 is 0 Å². The number of anilines is 1. The number of ether oxygens (including phenoxy) is 2. The molecular weight excluding hydrogens is 312 g/mol. The van der Waals surface area contributed by atoms with Gasteiger partial charge in [0, 0.05) is 11.8 Å². The van der Waals surface area contributed by atoms with Crippen LogP contribution in [0.3, 0.4) is 0 Å². The van der Waals surface area contributed by atoms with E-state index in [0.717, 1.165) is 0 Å². The van der Waals surface area contributed by atoms with Crippen molar-refractivity contribution in [3.63, 3.8) is 0 Å². The maximum absolute atomic E-state index is 12.0. The Morgan fingerprint density at radius 1 is 1.21 bits per heavy atom. The van der Waals surface area contributed by atoms with Crippen molar-refractivity contribution in [3.05, 3.63) is 47.3 Å². The van der Waals surface area contributed by atoms with Gasteiger partial charge in [-0.15, -0.1) is 0 Å². The second-order valence-electron chi connectivity index (χ2n) is 6.21. The number of aromatic nitrogens is 1. The van der Waals surface area contributed by atoms with Gasteiger partial charge in [-0.05, 0) is 52.0 Å². The fourth-order valence-electron chi connectivity index (χ4n) is 1.82. The molecule has 0 radical (unpaired) electrons. The first-order valence-electron chi connectivity index (χ1n) is 7.42. The van der Waals surface area contributed by atoms with Gasteiger partial charge in [0.1, 0.15) is 23.7 Å². The molecule has 0 aliphatic carbocycles. The first kappa shape index (κ1) is 17.5. The molecule has 0 aliphatic rings. The summed E-state index contributed by atoms with van der Waals surface area (Å²) in [6.45, 7) is 7.13. The van der Waals surface area contributed by atoms with E-state index >= 15 is 0 Å². The normalized spacial score (nSPS) is 11.0. The second-order valence-corrected chi connectivity index (χ2v) is 6.21. The van der Waals surface area contributed by atoms with Crippen LogP contribution < -0.4 is 5.32 Å². The number of aryl methyl sites for hydroxylation is 1. The van der Waals surface area contributed by atoms with E-state index in [1.165, 1.54) is 0 Å². The number of nitrogens with zero attached hydrogens (tertiary/aromatic N) is 1. The van der Waals surface area contributed by atoms with Gasteiger partial charge in [0.25, 0.3) is 0 Å². The topological polar surface area (TPSA) is 90.7 Å². The zero-order valence-corrected chi connectivity index (χ0v) is 14.1. The molecule has 0 saturated carbocycles. The number of hydrogen-bond donors (Lipinski definition) is 1. The van der Waals surface area contributed by atoms with Crippen LogP contribution in [0.2, 0.25) is 0 Å². The number of rotatable bonds is 4. The summed E-state index contributed by atoms with van der Waals surface area (Å²) in [4.78, 5) is 23.6. The van der Waals surface area contributed by atoms with Crippen molar-refractivity contribution in [1.29, 1.82) is 0 Å². The summed E-state index contributed by atoms with van der Waals surface area (Å²) >= 11 is 0. The van der Waals surface area contributed by atoms with Gasteiger partial charge < -0.3 is 14.0 Å². The van der Waals surface area contributed by atoms with E-state index < -0.39 is 17.7 Å². The van der Waals surface area contributed by atoms with Gasteiger partial charge in [0.15, 0.2) is 0 Å². The fourth-order valence-corrected chi connectivity index (χ4v) is 1.82. The zero-order chi connectivity index (χ0) is 17.7. The molecule has 1 N–H and O–H groups in total. The minimum Gasteiger partial charge on any atom is -0.455 e. The maximum Gasteiger partial charge on any atom is 0.412 e. The highest BCUT2D eigenvalue weighted by molar-refractivity contribution is 5.91. The standard InChI is InChI=1S/C17H20N2O5/c1-11-9-14(19-24-11)10-22-15(20)12-5-7-13(8-6-12)18-16(21)23-17(2,3)4/h5-9H,10H2,1-4H3,(H,18,21). The SMILES string of the molecule is Cc1cc(COC(=O)c2ccc(NC(=O)OC(C)(C)C)cc2)no1. The van der Waals surface area contributed by atoms with E-state index in [2.05, 4.69) is 10.5 Å². The molecule has 0 unspecified atom stereocenters. The Kier molecular flexibility index (Phi) is 5.23. The molecule has 0 saturated heterocycles. The Labute approximate surface area is 139 Å². The average molecular weight is 332 g/mol. The van der Waals surface area contributed by atoms with Crippen LogP contribution in [-0.2, 0) is 16.1 Å². The van der Waals surface area contributed by atoms with Crippen LogP contribution in [-0.4, -0.2) is 22.8 Å². The summed E-state index contributed by atoms with van der Waals surface area (Å²) in [5.41, 5.74) is 0.856. The molecule has 7 heteroatoms. The third-order valence-electron chi connectivity index (χ3n) is 2.79. The van der Waals surface area contributed by atoms with Crippen molar-refractivity contribution < 1.29 is 23.6 Å². The number of hydrogen-bond acceptors (Lipinski definition) is 6. The summed E-state index contributed by atoms with van der Waals surface area (Å²) in [7, 11) is 0. The average Bonchev–Trinajstić information content (AvgIpc) is 2.89. The predicted molar refractivity (Wildman–Crippen MR) is 86.7 cm³/mol. The van der Waals surface area contributed by atoms with Crippen molar-refractivity contribution in [3.8, 4) is 0 Å². The van der Waals surface area contributed by atoms with E-state index in [1.54, 1.807) is 58.0 Å². The van der Waals surface area contributed by atoms with E-state index in [9.17, 15) is 9.59 Å². The largest absolute Gasteiger partial charge is 0.455 e. The summed E-state index contributed by atoms with van der Waals surface area (Å²) in [6.07, 6.45) is -0.556. The van der Waals surface area contributed by atoms with Gasteiger partial charge >= 0.3 is 12.1 Å². The van der Waals surface area contributed by atoms with E-state index in [4.69, 9.17) is 14.0 Å². The molecule has 128 valence electrons. The molecule has 0 aliphatic heterocycles. The summed E-state index contributed by atoms with van der Waals surface area (Å²) in [5, 5.41) is 6.33. The van der Waals surface area contributed by atoms with Gasteiger partial charge in [-0.1, -0.05) is 5.16 Å². The Morgan fingerprint density at radius 3 is 2.42 bits per heavy atom. The first-order valence-corrected chi connectivity index (χ1v) is 7.42. The lowest BCUT2D eigenvalue weighted by atomic mass is 10.2. The molecule has 0 fully saturated rings. The van der Waals surface area contributed by atoms with Crippen molar-refractivity contribution >= 4 is 17.7 Å². The van der Waals surface area contributed by atoms with Crippen LogP contribution in [0.5, 0.6) is 0 Å². The van der Waals surface area contributed by atoms with Crippen LogP contribution in [0.4, 0.5) is 10.5 Å². The van der Waals surface area contributed by atoms with Gasteiger partial charge in [0.2, 0.25) is 0 Å². The third kappa shape index (κ3) is 5.42. The molecule has 1 aromatic carbocycles. The Balaban J connectivity index is 1.88.